The van der Waals surface area contributed by atoms with Crippen LogP contribution in [0.2, 0.25) is 0 Å². The minimum atomic E-state index is -0.870. The molecular weight excluding hydrogens is 405 g/mol. The summed E-state index contributed by atoms with van der Waals surface area (Å²) >= 11 is 1.36. The zero-order valence-corrected chi connectivity index (χ0v) is 16.7. The number of benzene rings is 1. The number of aromatic amines is 1. The lowest BCUT2D eigenvalue weighted by Gasteiger charge is -2.21. The zero-order valence-electron chi connectivity index (χ0n) is 15.8. The number of halogens is 1. The molecule has 8 nitrogen and oxygen atoms in total. The van der Waals surface area contributed by atoms with Gasteiger partial charge in [-0.25, -0.2) is 9.97 Å². The molecule has 0 aliphatic rings. The van der Waals surface area contributed by atoms with Gasteiger partial charge in [-0.05, 0) is 30.0 Å². The highest BCUT2D eigenvalue weighted by Gasteiger charge is 2.22. The van der Waals surface area contributed by atoms with E-state index in [-0.39, 0.29) is 11.4 Å². The van der Waals surface area contributed by atoms with Crippen molar-refractivity contribution in [2.75, 3.05) is 5.32 Å². The Hall–Kier alpha value is -3.66. The van der Waals surface area contributed by atoms with E-state index >= 15 is 0 Å². The Morgan fingerprint density at radius 2 is 2.03 bits per heavy atom. The maximum Gasteiger partial charge on any atom is 0.312 e. The van der Waals surface area contributed by atoms with Crippen molar-refractivity contribution in [1.82, 2.24) is 29.5 Å². The van der Waals surface area contributed by atoms with Gasteiger partial charge in [0.25, 0.3) is 5.56 Å². The average Bonchev–Trinajstić information content (AvgIpc) is 3.41. The fraction of sp³-hybridized carbons (Fsp3) is 0.150. The molecule has 1 atom stereocenters. The predicted octanol–water partition coefficient (Wildman–Crippen LogP) is 3.82. The third-order valence-corrected chi connectivity index (χ3v) is 5.69. The molecule has 1 unspecified atom stereocenters. The first-order valence-electron chi connectivity index (χ1n) is 9.34. The van der Waals surface area contributed by atoms with Gasteiger partial charge in [0.1, 0.15) is 16.0 Å². The van der Waals surface area contributed by atoms with Crippen LogP contribution in [-0.2, 0) is 0 Å². The smallest absolute Gasteiger partial charge is 0.312 e. The van der Waals surface area contributed by atoms with Crippen LogP contribution in [0.15, 0.2) is 52.9 Å². The van der Waals surface area contributed by atoms with Crippen LogP contribution in [0.3, 0.4) is 0 Å². The average molecular weight is 421 g/mol. The van der Waals surface area contributed by atoms with E-state index in [0.717, 1.165) is 0 Å². The number of para-hydroxylation sites is 1. The number of rotatable bonds is 5. The summed E-state index contributed by atoms with van der Waals surface area (Å²) in [6.45, 7) is 1.95. The van der Waals surface area contributed by atoms with Crippen LogP contribution < -0.4 is 10.9 Å². The van der Waals surface area contributed by atoms with E-state index in [2.05, 4.69) is 25.3 Å². The van der Waals surface area contributed by atoms with E-state index in [1.54, 1.807) is 4.57 Å². The zero-order chi connectivity index (χ0) is 20.7. The topological polar surface area (TPSA) is 101 Å². The molecular formula is C20H16FN7OS. The normalized spacial score (nSPS) is 12.5. The Morgan fingerprint density at radius 3 is 2.83 bits per heavy atom. The molecule has 2 N–H and O–H groups in total. The number of nitrogens with zero attached hydrogens (tertiary/aromatic N) is 5. The number of aromatic nitrogens is 6. The van der Waals surface area contributed by atoms with Gasteiger partial charge in [-0.2, -0.15) is 14.4 Å². The van der Waals surface area contributed by atoms with Crippen LogP contribution in [0.25, 0.3) is 27.1 Å². The van der Waals surface area contributed by atoms with Gasteiger partial charge in [-0.15, -0.1) is 11.3 Å². The molecule has 0 aliphatic heterocycles. The minimum absolute atomic E-state index is 0.143. The molecule has 0 radical (unpaired) electrons. The number of fused-ring (bicyclic) bond motifs is 2. The van der Waals surface area contributed by atoms with Crippen LogP contribution >= 0.6 is 11.3 Å². The summed E-state index contributed by atoms with van der Waals surface area (Å²) in [5.74, 6) is 0.757. The van der Waals surface area contributed by atoms with Gasteiger partial charge in [0.05, 0.1) is 23.6 Å². The largest absolute Gasteiger partial charge is 0.358 e. The molecule has 0 saturated heterocycles. The highest BCUT2D eigenvalue weighted by Crippen LogP contribution is 2.27. The van der Waals surface area contributed by atoms with Crippen molar-refractivity contribution in [3.05, 3.63) is 70.4 Å². The number of hydrogen-bond donors (Lipinski definition) is 2. The van der Waals surface area contributed by atoms with Crippen LogP contribution in [-0.4, -0.2) is 29.5 Å². The molecule has 0 amide bonds. The number of hydrogen-bond acceptors (Lipinski definition) is 7. The Morgan fingerprint density at radius 1 is 1.20 bits per heavy atom. The number of H-pyrrole nitrogens is 1. The second-order valence-electron chi connectivity index (χ2n) is 6.63. The van der Waals surface area contributed by atoms with Gasteiger partial charge in [-0.1, -0.05) is 25.1 Å². The van der Waals surface area contributed by atoms with Gasteiger partial charge >= 0.3 is 6.08 Å². The van der Waals surface area contributed by atoms with Crippen LogP contribution in [0, 0.1) is 6.08 Å². The summed E-state index contributed by atoms with van der Waals surface area (Å²) in [6, 6.07) is 10.7. The molecule has 5 aromatic rings. The Bertz CT molecular complexity index is 1410. The second-order valence-corrected chi connectivity index (χ2v) is 7.54. The number of imidazole rings is 1. The summed E-state index contributed by atoms with van der Waals surface area (Å²) in [4.78, 5) is 32.6. The first-order valence-corrected chi connectivity index (χ1v) is 10.2. The first kappa shape index (κ1) is 18.4. The third kappa shape index (κ3) is 3.01. The lowest BCUT2D eigenvalue weighted by molar-refractivity contribution is 0.543. The van der Waals surface area contributed by atoms with E-state index in [1.807, 2.05) is 48.7 Å². The quantitative estimate of drug-likeness (QED) is 0.419. The SMILES string of the molecule is CCC(Nc1nc(F)nc2[nH]cnc12)c1nc2ccsc2c(=O)n1-c1ccccc1. The van der Waals surface area contributed by atoms with Crippen molar-refractivity contribution in [1.29, 1.82) is 0 Å². The molecule has 150 valence electrons. The molecule has 0 fully saturated rings. The third-order valence-electron chi connectivity index (χ3n) is 4.80. The first-order chi connectivity index (χ1) is 14.7. The maximum atomic E-state index is 13.9. The summed E-state index contributed by atoms with van der Waals surface area (Å²) in [7, 11) is 0. The molecule has 30 heavy (non-hydrogen) atoms. The molecule has 0 bridgehead atoms. The Kier molecular flexibility index (Phi) is 4.47. The summed E-state index contributed by atoms with van der Waals surface area (Å²) in [5, 5.41) is 5.06. The molecule has 5 rings (SSSR count). The molecule has 4 aromatic heterocycles. The lowest BCUT2D eigenvalue weighted by atomic mass is 10.2. The van der Waals surface area contributed by atoms with E-state index in [9.17, 15) is 9.18 Å². The van der Waals surface area contributed by atoms with E-state index in [4.69, 9.17) is 4.98 Å². The standard InChI is InChI=1S/C20H16FN7OS/c1-2-12(24-17-14-16(23-10-22-14)26-20(21)27-17)18-25-13-8-9-30-15(13)19(29)28(18)11-6-4-3-5-7-11/h3-10,12H,2H2,1H3,(H2,22,23,24,26,27). The summed E-state index contributed by atoms with van der Waals surface area (Å²) < 4.78 is 16.1. The van der Waals surface area contributed by atoms with Crippen molar-refractivity contribution in [2.45, 2.75) is 19.4 Å². The van der Waals surface area contributed by atoms with Gasteiger partial charge in [0.15, 0.2) is 11.5 Å². The van der Waals surface area contributed by atoms with E-state index in [0.29, 0.717) is 39.3 Å². The fourth-order valence-corrected chi connectivity index (χ4v) is 4.17. The Balaban J connectivity index is 1.70. The summed E-state index contributed by atoms with van der Waals surface area (Å²) in [6.07, 6.45) is 1.14. The molecule has 0 saturated carbocycles. The predicted molar refractivity (Wildman–Crippen MR) is 114 cm³/mol. The highest BCUT2D eigenvalue weighted by molar-refractivity contribution is 7.17. The van der Waals surface area contributed by atoms with Crippen molar-refractivity contribution in [2.24, 2.45) is 0 Å². The Labute approximate surface area is 173 Å². The maximum absolute atomic E-state index is 13.9. The van der Waals surface area contributed by atoms with E-state index in [1.165, 1.54) is 17.7 Å². The van der Waals surface area contributed by atoms with Crippen LogP contribution in [0.5, 0.6) is 0 Å². The molecule has 4 heterocycles. The van der Waals surface area contributed by atoms with Gasteiger partial charge in [0, 0.05) is 0 Å². The van der Waals surface area contributed by atoms with Gasteiger partial charge < -0.3 is 10.3 Å². The van der Waals surface area contributed by atoms with Crippen molar-refractivity contribution in [3.63, 3.8) is 0 Å². The number of thiophene rings is 1. The minimum Gasteiger partial charge on any atom is -0.358 e. The lowest BCUT2D eigenvalue weighted by Crippen LogP contribution is -2.27. The second kappa shape index (κ2) is 7.30. The molecule has 0 aliphatic carbocycles. The number of nitrogens with one attached hydrogen (secondary N) is 2. The van der Waals surface area contributed by atoms with Crippen LogP contribution in [0.1, 0.15) is 25.2 Å². The van der Waals surface area contributed by atoms with Crippen molar-refractivity contribution in [3.8, 4) is 5.69 Å². The molecule has 1 aromatic carbocycles. The van der Waals surface area contributed by atoms with Gasteiger partial charge in [0.2, 0.25) is 0 Å². The van der Waals surface area contributed by atoms with Crippen molar-refractivity contribution >= 4 is 38.5 Å². The summed E-state index contributed by atoms with van der Waals surface area (Å²) in [5.41, 5.74) is 1.91. The van der Waals surface area contributed by atoms with Crippen molar-refractivity contribution < 1.29 is 4.39 Å². The fourth-order valence-electron chi connectivity index (χ4n) is 3.41. The number of anilines is 1. The van der Waals surface area contributed by atoms with E-state index < -0.39 is 12.1 Å². The molecule has 10 heteroatoms. The van der Waals surface area contributed by atoms with Crippen LogP contribution in [0.4, 0.5) is 10.2 Å². The molecule has 0 spiro atoms. The van der Waals surface area contributed by atoms with Gasteiger partial charge in [-0.3, -0.25) is 9.36 Å². The monoisotopic (exact) mass is 421 g/mol. The highest BCUT2D eigenvalue weighted by atomic mass is 32.1.